The van der Waals surface area contributed by atoms with E-state index >= 15 is 0 Å². The van der Waals surface area contributed by atoms with Crippen LogP contribution in [-0.2, 0) is 0 Å². The van der Waals surface area contributed by atoms with E-state index in [9.17, 15) is 0 Å². The highest BCUT2D eigenvalue weighted by atomic mass is 28.3. The first-order valence-electron chi connectivity index (χ1n) is 8.97. The zero-order valence-corrected chi connectivity index (χ0v) is 18.5. The molecule has 2 aliphatic rings. The van der Waals surface area contributed by atoms with Gasteiger partial charge in [0.25, 0.3) is 0 Å². The van der Waals surface area contributed by atoms with Crippen molar-refractivity contribution in [1.82, 2.24) is 0 Å². The van der Waals surface area contributed by atoms with Crippen LogP contribution in [0.5, 0.6) is 0 Å². The van der Waals surface area contributed by atoms with Gasteiger partial charge in [0.1, 0.15) is 16.1 Å². The number of allylic oxidation sites excluding steroid dienone is 2. The largest absolute Gasteiger partial charge is 0.358 e. The third kappa shape index (κ3) is 4.61. The van der Waals surface area contributed by atoms with E-state index in [1.165, 1.54) is 0 Å². The molecule has 0 unspecified atom stereocenters. The Labute approximate surface area is 158 Å². The molecule has 0 aliphatic carbocycles. The first-order chi connectivity index (χ1) is 12.1. The third-order valence-corrected chi connectivity index (χ3v) is 5.55. The highest BCUT2D eigenvalue weighted by Gasteiger charge is 2.13. The molecule has 26 heavy (non-hydrogen) atoms. The minimum atomic E-state index is -1.37. The number of benzene rings is 1. The minimum absolute atomic E-state index is 1.04. The van der Waals surface area contributed by atoms with Crippen molar-refractivity contribution in [2.75, 3.05) is 10.6 Å². The van der Waals surface area contributed by atoms with Gasteiger partial charge in [-0.3, -0.25) is 0 Å². The zero-order valence-electron chi connectivity index (χ0n) is 16.5. The SMILES string of the molecule is C[Si](C)(C)C#CC1=CNc2c3c(ccc2=C1)=CC(C#C[Si](C)(C)C)=CN3. The molecule has 0 bridgehead atoms. The van der Waals surface area contributed by atoms with Crippen LogP contribution in [0.15, 0.2) is 35.7 Å². The normalized spacial score (nSPS) is 14.8. The van der Waals surface area contributed by atoms with Gasteiger partial charge >= 0.3 is 0 Å². The lowest BCUT2D eigenvalue weighted by Crippen LogP contribution is -2.23. The van der Waals surface area contributed by atoms with Crippen molar-refractivity contribution in [3.05, 3.63) is 46.1 Å². The fraction of sp³-hybridized carbons (Fsp3) is 0.273. The van der Waals surface area contributed by atoms with Gasteiger partial charge in [0.05, 0.1) is 11.4 Å². The number of nitrogens with one attached hydrogen (secondary N) is 2. The summed E-state index contributed by atoms with van der Waals surface area (Å²) in [5.41, 5.74) is 11.1. The van der Waals surface area contributed by atoms with Gasteiger partial charge in [-0.05, 0) is 12.2 Å². The van der Waals surface area contributed by atoms with E-state index in [4.69, 9.17) is 0 Å². The molecule has 2 heterocycles. The molecule has 132 valence electrons. The second kappa shape index (κ2) is 6.72. The van der Waals surface area contributed by atoms with Crippen LogP contribution in [0.4, 0.5) is 11.4 Å². The molecular weight excluding hydrogens is 348 g/mol. The number of hydrogen-bond acceptors (Lipinski definition) is 2. The van der Waals surface area contributed by atoms with Gasteiger partial charge in [-0.2, -0.15) is 0 Å². The Morgan fingerprint density at radius 1 is 0.654 bits per heavy atom. The lowest BCUT2D eigenvalue weighted by molar-refractivity contribution is 1.40. The summed E-state index contributed by atoms with van der Waals surface area (Å²) < 4.78 is 0. The summed E-state index contributed by atoms with van der Waals surface area (Å²) in [6, 6.07) is 4.30. The van der Waals surface area contributed by atoms with Gasteiger partial charge in [0, 0.05) is 34.0 Å². The van der Waals surface area contributed by atoms with Gasteiger partial charge in [0.2, 0.25) is 0 Å². The highest BCUT2D eigenvalue weighted by Crippen LogP contribution is 2.19. The Morgan fingerprint density at radius 2 is 1.04 bits per heavy atom. The number of rotatable bonds is 0. The summed E-state index contributed by atoms with van der Waals surface area (Å²) in [7, 11) is -2.74. The maximum atomic E-state index is 3.43. The maximum absolute atomic E-state index is 3.43. The van der Waals surface area contributed by atoms with E-state index in [-0.39, 0.29) is 0 Å². The maximum Gasteiger partial charge on any atom is 0.129 e. The summed E-state index contributed by atoms with van der Waals surface area (Å²) >= 11 is 0. The summed E-state index contributed by atoms with van der Waals surface area (Å²) in [6.45, 7) is 13.6. The van der Waals surface area contributed by atoms with Crippen LogP contribution in [0.25, 0.3) is 12.2 Å². The quantitative estimate of drug-likeness (QED) is 0.535. The monoisotopic (exact) mass is 374 g/mol. The van der Waals surface area contributed by atoms with Crippen LogP contribution >= 0.6 is 0 Å². The summed E-state index contributed by atoms with van der Waals surface area (Å²) in [5.74, 6) is 6.64. The molecule has 0 atom stereocenters. The first-order valence-corrected chi connectivity index (χ1v) is 16.0. The summed E-state index contributed by atoms with van der Waals surface area (Å²) in [6.07, 6.45) is 8.32. The van der Waals surface area contributed by atoms with E-state index in [1.807, 2.05) is 12.4 Å². The molecule has 1 aromatic carbocycles. The van der Waals surface area contributed by atoms with Crippen molar-refractivity contribution < 1.29 is 0 Å². The molecule has 0 radical (unpaired) electrons. The van der Waals surface area contributed by atoms with Crippen molar-refractivity contribution in [2.24, 2.45) is 0 Å². The van der Waals surface area contributed by atoms with Crippen molar-refractivity contribution in [1.29, 1.82) is 0 Å². The molecule has 0 aromatic heterocycles. The molecule has 4 heteroatoms. The van der Waals surface area contributed by atoms with Crippen molar-refractivity contribution in [2.45, 2.75) is 39.3 Å². The summed E-state index contributed by atoms with van der Waals surface area (Å²) in [4.78, 5) is 0. The van der Waals surface area contributed by atoms with Gasteiger partial charge in [-0.15, -0.1) is 11.1 Å². The molecule has 2 N–H and O–H groups in total. The predicted molar refractivity (Wildman–Crippen MR) is 120 cm³/mol. The Morgan fingerprint density at radius 3 is 1.38 bits per heavy atom. The Bertz CT molecular complexity index is 967. The first kappa shape index (κ1) is 18.4. The van der Waals surface area contributed by atoms with Gasteiger partial charge in [-0.25, -0.2) is 0 Å². The average molecular weight is 375 g/mol. The summed E-state index contributed by atoms with van der Waals surface area (Å²) in [5, 5.41) is 9.18. The second-order valence-electron chi connectivity index (χ2n) is 8.77. The van der Waals surface area contributed by atoms with Crippen molar-refractivity contribution in [3.8, 4) is 22.9 Å². The van der Waals surface area contributed by atoms with Crippen LogP contribution < -0.4 is 21.1 Å². The van der Waals surface area contributed by atoms with E-state index in [1.54, 1.807) is 0 Å². The molecule has 0 spiro atoms. The molecule has 0 saturated carbocycles. The molecule has 2 aliphatic heterocycles. The van der Waals surface area contributed by atoms with Crippen LogP contribution in [0.3, 0.4) is 0 Å². The van der Waals surface area contributed by atoms with Crippen LogP contribution in [-0.4, -0.2) is 16.1 Å². The van der Waals surface area contributed by atoms with Crippen LogP contribution in [0, 0.1) is 22.9 Å². The fourth-order valence-corrected chi connectivity index (χ4v) is 3.61. The fourth-order valence-electron chi connectivity index (χ4n) is 2.57. The minimum Gasteiger partial charge on any atom is -0.358 e. The van der Waals surface area contributed by atoms with Crippen molar-refractivity contribution in [3.63, 3.8) is 0 Å². The number of fused-ring (bicyclic) bond motifs is 3. The highest BCUT2D eigenvalue weighted by molar-refractivity contribution is 6.84. The van der Waals surface area contributed by atoms with Crippen LogP contribution in [0.1, 0.15) is 0 Å². The topological polar surface area (TPSA) is 24.1 Å². The Kier molecular flexibility index (Phi) is 4.75. The molecule has 2 nitrogen and oxygen atoms in total. The number of anilines is 2. The molecule has 1 aromatic rings. The molecule has 0 fully saturated rings. The van der Waals surface area contributed by atoms with E-state index in [0.717, 1.165) is 33.0 Å². The lowest BCUT2D eigenvalue weighted by Gasteiger charge is -2.17. The third-order valence-electron chi connectivity index (χ3n) is 3.80. The molecule has 0 amide bonds. The lowest BCUT2D eigenvalue weighted by atomic mass is 10.0. The average Bonchev–Trinajstić information content (AvgIpc) is 2.56. The number of hydrogen-bond donors (Lipinski definition) is 2. The smallest absolute Gasteiger partial charge is 0.129 e. The standard InChI is InChI=1S/C22H26N2Si2/c1-25(2,3)11-9-17-13-19-7-8-20-14-18(10-12-26(4,5)6)16-24-22(20)21(19)23-15-17/h7-8,13-16,23-24H,1-6H3. The molecule has 3 rings (SSSR count). The molecular formula is C22H26N2Si2. The molecule has 0 saturated heterocycles. The predicted octanol–water partition coefficient (Wildman–Crippen LogP) is 3.63. The van der Waals surface area contributed by atoms with E-state index < -0.39 is 16.1 Å². The van der Waals surface area contributed by atoms with Gasteiger partial charge < -0.3 is 10.6 Å². The van der Waals surface area contributed by atoms with Gasteiger partial charge in [-0.1, -0.05) is 63.3 Å². The second-order valence-corrected chi connectivity index (χ2v) is 18.3. The van der Waals surface area contributed by atoms with E-state index in [2.05, 4.69) is 97.1 Å². The van der Waals surface area contributed by atoms with Crippen molar-refractivity contribution >= 4 is 39.7 Å². The zero-order chi connectivity index (χ0) is 18.9. The Hall–Kier alpha value is -2.41. The van der Waals surface area contributed by atoms with Gasteiger partial charge in [0.15, 0.2) is 0 Å². The Balaban J connectivity index is 1.95. The van der Waals surface area contributed by atoms with E-state index in [0.29, 0.717) is 0 Å². The van der Waals surface area contributed by atoms with Crippen LogP contribution in [0.2, 0.25) is 39.3 Å².